The summed E-state index contributed by atoms with van der Waals surface area (Å²) in [5, 5.41) is 0. The highest BCUT2D eigenvalue weighted by Gasteiger charge is 2.31. The topological polar surface area (TPSA) is 59.2 Å². The third kappa shape index (κ3) is 2.01. The summed E-state index contributed by atoms with van der Waals surface area (Å²) in [6, 6.07) is 6.70. The fourth-order valence-corrected chi connectivity index (χ4v) is 2.63. The fraction of sp³-hybridized carbons (Fsp3) is 0.200. The molecule has 3 rings (SSSR count). The number of hydrogen-bond donors (Lipinski definition) is 1. The molecule has 1 aromatic heterocycles. The zero-order valence-electron chi connectivity index (χ0n) is 11.0. The molecule has 0 radical (unpaired) electrons. The Bertz CT molecular complexity index is 687. The average Bonchev–Trinajstić information content (AvgIpc) is 2.73. The van der Waals surface area contributed by atoms with Crippen LogP contribution in [0.3, 0.4) is 0 Å². The second-order valence-electron chi connectivity index (χ2n) is 5.01. The summed E-state index contributed by atoms with van der Waals surface area (Å²) < 4.78 is 13.2. The van der Waals surface area contributed by atoms with Gasteiger partial charge in [0.1, 0.15) is 5.82 Å². The number of hydrogen-bond acceptors (Lipinski definition) is 3. The lowest BCUT2D eigenvalue weighted by atomic mass is 10.1. The predicted octanol–water partition coefficient (Wildman–Crippen LogP) is 2.39. The Morgan fingerprint density at radius 2 is 2.20 bits per heavy atom. The molecule has 5 heteroatoms. The minimum absolute atomic E-state index is 0.0163. The van der Waals surface area contributed by atoms with Crippen LogP contribution in [0.2, 0.25) is 0 Å². The molecule has 2 aromatic rings. The normalized spacial score (nSPS) is 17.1. The van der Waals surface area contributed by atoms with Gasteiger partial charge in [-0.1, -0.05) is 0 Å². The van der Waals surface area contributed by atoms with E-state index in [9.17, 15) is 9.18 Å². The molecule has 1 amide bonds. The number of nitrogen functional groups attached to an aromatic ring is 1. The van der Waals surface area contributed by atoms with Gasteiger partial charge in [0, 0.05) is 23.6 Å². The average molecular weight is 271 g/mol. The molecule has 1 aromatic carbocycles. The van der Waals surface area contributed by atoms with Crippen molar-refractivity contribution in [2.45, 2.75) is 19.4 Å². The van der Waals surface area contributed by atoms with Crippen LogP contribution in [0.15, 0.2) is 36.7 Å². The molecular formula is C15H14FN3O. The van der Waals surface area contributed by atoms with Gasteiger partial charge >= 0.3 is 0 Å². The molecule has 20 heavy (non-hydrogen) atoms. The van der Waals surface area contributed by atoms with Crippen LogP contribution in [0.1, 0.15) is 22.8 Å². The van der Waals surface area contributed by atoms with Gasteiger partial charge in [0.05, 0.1) is 11.8 Å². The first-order valence-corrected chi connectivity index (χ1v) is 6.39. The number of nitrogens with zero attached hydrogens (tertiary/aromatic N) is 2. The van der Waals surface area contributed by atoms with Crippen LogP contribution in [0.25, 0.3) is 0 Å². The van der Waals surface area contributed by atoms with E-state index in [1.165, 1.54) is 12.3 Å². The van der Waals surface area contributed by atoms with Crippen molar-refractivity contribution >= 4 is 17.3 Å². The number of nitrogens with two attached hydrogens (primary N) is 1. The van der Waals surface area contributed by atoms with Crippen LogP contribution in [0.4, 0.5) is 15.8 Å². The van der Waals surface area contributed by atoms with Gasteiger partial charge in [0.15, 0.2) is 0 Å². The minimum Gasteiger partial charge on any atom is -0.399 e. The van der Waals surface area contributed by atoms with E-state index in [-0.39, 0.29) is 17.5 Å². The van der Waals surface area contributed by atoms with Gasteiger partial charge in [-0.25, -0.2) is 4.39 Å². The van der Waals surface area contributed by atoms with Crippen molar-refractivity contribution in [3.05, 3.63) is 53.6 Å². The molecule has 1 unspecified atom stereocenters. The lowest BCUT2D eigenvalue weighted by molar-refractivity contribution is 0.0980. The highest BCUT2D eigenvalue weighted by molar-refractivity contribution is 6.07. The van der Waals surface area contributed by atoms with Crippen LogP contribution in [-0.2, 0) is 6.42 Å². The van der Waals surface area contributed by atoms with E-state index in [0.29, 0.717) is 5.69 Å². The van der Waals surface area contributed by atoms with Crippen molar-refractivity contribution in [3.8, 4) is 0 Å². The van der Waals surface area contributed by atoms with Gasteiger partial charge in [0.2, 0.25) is 0 Å². The Balaban J connectivity index is 2.01. The summed E-state index contributed by atoms with van der Waals surface area (Å²) in [4.78, 5) is 17.9. The summed E-state index contributed by atoms with van der Waals surface area (Å²) in [6.07, 6.45) is 3.21. The summed E-state index contributed by atoms with van der Waals surface area (Å²) in [5.41, 5.74) is 8.57. The second-order valence-corrected chi connectivity index (χ2v) is 5.01. The molecule has 0 bridgehead atoms. The lowest BCUT2D eigenvalue weighted by Crippen LogP contribution is -2.35. The first-order chi connectivity index (χ1) is 9.56. The van der Waals surface area contributed by atoms with Crippen LogP contribution in [-0.4, -0.2) is 16.9 Å². The molecule has 1 aliphatic rings. The van der Waals surface area contributed by atoms with Crippen molar-refractivity contribution in [2.24, 2.45) is 0 Å². The molecule has 2 heterocycles. The number of rotatable bonds is 1. The molecule has 0 spiro atoms. The molecule has 1 aliphatic heterocycles. The molecule has 0 saturated carbocycles. The van der Waals surface area contributed by atoms with E-state index in [1.807, 2.05) is 19.1 Å². The molecule has 0 aliphatic carbocycles. The van der Waals surface area contributed by atoms with Crippen molar-refractivity contribution in [1.82, 2.24) is 4.98 Å². The third-order valence-electron chi connectivity index (χ3n) is 3.49. The van der Waals surface area contributed by atoms with E-state index in [2.05, 4.69) is 4.98 Å². The third-order valence-corrected chi connectivity index (χ3v) is 3.49. The maximum absolute atomic E-state index is 13.2. The van der Waals surface area contributed by atoms with Crippen LogP contribution in [0.5, 0.6) is 0 Å². The van der Waals surface area contributed by atoms with Gasteiger partial charge in [-0.3, -0.25) is 9.78 Å². The van der Waals surface area contributed by atoms with Crippen molar-refractivity contribution in [3.63, 3.8) is 0 Å². The lowest BCUT2D eigenvalue weighted by Gasteiger charge is -2.22. The quantitative estimate of drug-likeness (QED) is 0.810. The monoisotopic (exact) mass is 271 g/mol. The predicted molar refractivity (Wildman–Crippen MR) is 75.0 cm³/mol. The summed E-state index contributed by atoms with van der Waals surface area (Å²) >= 11 is 0. The molecule has 2 N–H and O–H groups in total. The van der Waals surface area contributed by atoms with Crippen molar-refractivity contribution in [1.29, 1.82) is 0 Å². The molecular weight excluding hydrogens is 257 g/mol. The number of carbonyl (C=O) groups excluding carboxylic acids is 1. The Morgan fingerprint density at radius 1 is 1.40 bits per heavy atom. The van der Waals surface area contributed by atoms with Gasteiger partial charge in [0.25, 0.3) is 5.91 Å². The Labute approximate surface area is 116 Å². The molecule has 4 nitrogen and oxygen atoms in total. The number of benzene rings is 1. The number of fused-ring (bicyclic) bond motifs is 1. The highest BCUT2D eigenvalue weighted by atomic mass is 19.1. The van der Waals surface area contributed by atoms with Crippen LogP contribution < -0.4 is 10.6 Å². The van der Waals surface area contributed by atoms with E-state index in [1.54, 1.807) is 11.0 Å². The SMILES string of the molecule is CC1Cc2cc(N)ccc2N1C(=O)c1cncc(F)c1. The van der Waals surface area contributed by atoms with Crippen LogP contribution >= 0.6 is 0 Å². The smallest absolute Gasteiger partial charge is 0.260 e. The molecule has 1 atom stereocenters. The maximum atomic E-state index is 13.2. The first-order valence-electron chi connectivity index (χ1n) is 6.39. The highest BCUT2D eigenvalue weighted by Crippen LogP contribution is 2.34. The Morgan fingerprint density at radius 3 is 2.95 bits per heavy atom. The maximum Gasteiger partial charge on any atom is 0.260 e. The molecule has 102 valence electrons. The number of anilines is 2. The van der Waals surface area contributed by atoms with E-state index < -0.39 is 5.82 Å². The standard InChI is InChI=1S/C15H14FN3O/c1-9-4-10-6-13(17)2-3-14(10)19(9)15(20)11-5-12(16)8-18-7-11/h2-3,5-9H,4,17H2,1H3. The number of amides is 1. The van der Waals surface area contributed by atoms with Crippen molar-refractivity contribution in [2.75, 3.05) is 10.6 Å². The zero-order chi connectivity index (χ0) is 14.3. The zero-order valence-corrected chi connectivity index (χ0v) is 11.0. The summed E-state index contributed by atoms with van der Waals surface area (Å²) in [6.45, 7) is 1.96. The number of carbonyl (C=O) groups is 1. The van der Waals surface area contributed by atoms with Gasteiger partial charge < -0.3 is 10.6 Å². The number of aromatic nitrogens is 1. The Hall–Kier alpha value is -2.43. The van der Waals surface area contributed by atoms with Gasteiger partial charge in [-0.2, -0.15) is 0 Å². The number of pyridine rings is 1. The fourth-order valence-electron chi connectivity index (χ4n) is 2.63. The number of halogens is 1. The first kappa shape index (κ1) is 12.6. The van der Waals surface area contributed by atoms with E-state index in [0.717, 1.165) is 23.9 Å². The van der Waals surface area contributed by atoms with Crippen molar-refractivity contribution < 1.29 is 9.18 Å². The second kappa shape index (κ2) is 4.59. The van der Waals surface area contributed by atoms with E-state index >= 15 is 0 Å². The molecule has 0 saturated heterocycles. The Kier molecular flexibility index (Phi) is 2.89. The largest absolute Gasteiger partial charge is 0.399 e. The van der Waals surface area contributed by atoms with Gasteiger partial charge in [-0.05, 0) is 43.2 Å². The minimum atomic E-state index is -0.514. The van der Waals surface area contributed by atoms with Gasteiger partial charge in [-0.15, -0.1) is 0 Å². The summed E-state index contributed by atoms with van der Waals surface area (Å²) in [7, 11) is 0. The van der Waals surface area contributed by atoms with E-state index in [4.69, 9.17) is 5.73 Å². The molecule has 0 fully saturated rings. The summed E-state index contributed by atoms with van der Waals surface area (Å²) in [5.74, 6) is -0.756. The van der Waals surface area contributed by atoms with Crippen LogP contribution in [0, 0.1) is 5.82 Å².